The van der Waals surface area contributed by atoms with E-state index in [4.69, 9.17) is 4.74 Å². The minimum Gasteiger partial charge on any atom is -0.362 e. The number of sulfone groups is 1. The maximum absolute atomic E-state index is 11.8. The zero-order valence-electron chi connectivity index (χ0n) is 8.65. The first-order valence-corrected chi connectivity index (χ1v) is 6.98. The molecule has 0 radical (unpaired) electrons. The molecule has 90 valence electrons. The first-order valence-electron chi connectivity index (χ1n) is 5.27. The predicted octanol–water partition coefficient (Wildman–Crippen LogP) is 0.712. The van der Waals surface area contributed by atoms with Gasteiger partial charge in [-0.15, -0.1) is 12.4 Å². The zero-order valence-corrected chi connectivity index (χ0v) is 10.3. The number of hydrogen-bond donors (Lipinski definition) is 1. The highest BCUT2D eigenvalue weighted by Crippen LogP contribution is 2.23. The van der Waals surface area contributed by atoms with Crippen LogP contribution in [-0.2, 0) is 14.6 Å². The van der Waals surface area contributed by atoms with Crippen LogP contribution in [-0.4, -0.2) is 38.8 Å². The summed E-state index contributed by atoms with van der Waals surface area (Å²) in [5.41, 5.74) is 0. The Kier molecular flexibility index (Phi) is 4.83. The van der Waals surface area contributed by atoms with Gasteiger partial charge in [0.2, 0.25) is 0 Å². The van der Waals surface area contributed by atoms with Crippen LogP contribution in [0.25, 0.3) is 0 Å². The van der Waals surface area contributed by atoms with Gasteiger partial charge in [0.05, 0.1) is 5.75 Å². The Morgan fingerprint density at radius 2 is 2.00 bits per heavy atom. The molecular weight excluding hydrogens is 238 g/mol. The summed E-state index contributed by atoms with van der Waals surface area (Å²) >= 11 is 0. The summed E-state index contributed by atoms with van der Waals surface area (Å²) in [4.78, 5) is 0. The SMILES string of the molecule is Cl.O=S1(=O)CCCCC1C1NCCCO1. The van der Waals surface area contributed by atoms with Gasteiger partial charge in [0.1, 0.15) is 11.5 Å². The predicted molar refractivity (Wildman–Crippen MR) is 61.0 cm³/mol. The zero-order chi connectivity index (χ0) is 10.0. The molecule has 2 unspecified atom stereocenters. The lowest BCUT2D eigenvalue weighted by atomic mass is 10.1. The average molecular weight is 256 g/mol. The lowest BCUT2D eigenvalue weighted by Crippen LogP contribution is -2.51. The monoisotopic (exact) mass is 255 g/mol. The van der Waals surface area contributed by atoms with Gasteiger partial charge in [-0.3, -0.25) is 5.32 Å². The molecule has 2 rings (SSSR count). The molecule has 2 heterocycles. The molecule has 6 heteroatoms. The summed E-state index contributed by atoms with van der Waals surface area (Å²) < 4.78 is 29.0. The van der Waals surface area contributed by atoms with Crippen molar-refractivity contribution in [3.63, 3.8) is 0 Å². The minimum atomic E-state index is -2.91. The van der Waals surface area contributed by atoms with Gasteiger partial charge in [0, 0.05) is 6.61 Å². The molecule has 0 aromatic rings. The van der Waals surface area contributed by atoms with Crippen molar-refractivity contribution in [1.29, 1.82) is 0 Å². The van der Waals surface area contributed by atoms with Crippen LogP contribution in [0, 0.1) is 0 Å². The van der Waals surface area contributed by atoms with Crippen molar-refractivity contribution < 1.29 is 13.2 Å². The van der Waals surface area contributed by atoms with E-state index in [1.807, 2.05) is 0 Å². The molecule has 0 amide bonds. The molecule has 0 spiro atoms. The standard InChI is InChI=1S/C9H17NO3S.ClH/c11-14(12)7-2-1-4-8(14)9-10-5-3-6-13-9;/h8-10H,1-7H2;1H. The second-order valence-corrected chi connectivity index (χ2v) is 6.34. The smallest absolute Gasteiger partial charge is 0.157 e. The lowest BCUT2D eigenvalue weighted by molar-refractivity contribution is -0.00324. The Morgan fingerprint density at radius 1 is 1.20 bits per heavy atom. The molecule has 2 aliphatic rings. The molecule has 0 aromatic carbocycles. The van der Waals surface area contributed by atoms with Crippen molar-refractivity contribution >= 4 is 22.2 Å². The highest BCUT2D eigenvalue weighted by Gasteiger charge is 2.36. The Morgan fingerprint density at radius 3 is 2.60 bits per heavy atom. The van der Waals surface area contributed by atoms with E-state index < -0.39 is 9.84 Å². The Bertz CT molecular complexity index is 288. The highest BCUT2D eigenvalue weighted by atomic mass is 35.5. The molecule has 2 aliphatic heterocycles. The van der Waals surface area contributed by atoms with Gasteiger partial charge in [-0.1, -0.05) is 6.42 Å². The summed E-state index contributed by atoms with van der Waals surface area (Å²) in [6.45, 7) is 1.56. The second kappa shape index (κ2) is 5.48. The number of rotatable bonds is 1. The van der Waals surface area contributed by atoms with E-state index in [0.29, 0.717) is 12.4 Å². The first-order chi connectivity index (χ1) is 6.70. The van der Waals surface area contributed by atoms with Crippen LogP contribution >= 0.6 is 12.4 Å². The Balaban J connectivity index is 0.00000112. The molecular formula is C9H18ClNO3S. The fourth-order valence-corrected chi connectivity index (χ4v) is 4.13. The van der Waals surface area contributed by atoms with Gasteiger partial charge in [-0.2, -0.15) is 0 Å². The van der Waals surface area contributed by atoms with E-state index in [1.165, 1.54) is 0 Å². The van der Waals surface area contributed by atoms with Crippen molar-refractivity contribution in [2.45, 2.75) is 37.2 Å². The summed E-state index contributed by atoms with van der Waals surface area (Å²) in [5, 5.41) is 2.83. The van der Waals surface area contributed by atoms with Crippen LogP contribution in [0.1, 0.15) is 25.7 Å². The van der Waals surface area contributed by atoms with E-state index in [1.54, 1.807) is 0 Å². The van der Waals surface area contributed by atoms with E-state index in [2.05, 4.69) is 5.32 Å². The first kappa shape index (κ1) is 13.2. The molecule has 2 atom stereocenters. The molecule has 15 heavy (non-hydrogen) atoms. The molecule has 1 N–H and O–H groups in total. The minimum absolute atomic E-state index is 0. The lowest BCUT2D eigenvalue weighted by Gasteiger charge is -2.33. The van der Waals surface area contributed by atoms with Crippen LogP contribution < -0.4 is 5.32 Å². The van der Waals surface area contributed by atoms with Gasteiger partial charge < -0.3 is 4.74 Å². The van der Waals surface area contributed by atoms with Crippen molar-refractivity contribution in [3.05, 3.63) is 0 Å². The van der Waals surface area contributed by atoms with Crippen LogP contribution in [0.15, 0.2) is 0 Å². The summed E-state index contributed by atoms with van der Waals surface area (Å²) in [6, 6.07) is 0. The molecule has 0 aromatic heterocycles. The normalized spacial score (nSPS) is 35.5. The topological polar surface area (TPSA) is 55.4 Å². The van der Waals surface area contributed by atoms with Gasteiger partial charge in [0.25, 0.3) is 0 Å². The van der Waals surface area contributed by atoms with E-state index in [9.17, 15) is 8.42 Å². The number of halogens is 1. The maximum atomic E-state index is 11.8. The summed E-state index contributed by atoms with van der Waals surface area (Å²) in [7, 11) is -2.91. The van der Waals surface area contributed by atoms with Gasteiger partial charge in [-0.25, -0.2) is 8.42 Å². The quantitative estimate of drug-likeness (QED) is 0.750. The number of hydrogen-bond acceptors (Lipinski definition) is 4. The van der Waals surface area contributed by atoms with Gasteiger partial charge in [-0.05, 0) is 25.8 Å². The van der Waals surface area contributed by atoms with Crippen molar-refractivity contribution in [2.24, 2.45) is 0 Å². The van der Waals surface area contributed by atoms with E-state index >= 15 is 0 Å². The Labute approximate surface area is 97.1 Å². The van der Waals surface area contributed by atoms with E-state index in [0.717, 1.165) is 32.2 Å². The number of nitrogens with one attached hydrogen (secondary N) is 1. The van der Waals surface area contributed by atoms with Gasteiger partial charge in [0.15, 0.2) is 9.84 Å². The highest BCUT2D eigenvalue weighted by molar-refractivity contribution is 7.92. The van der Waals surface area contributed by atoms with Crippen molar-refractivity contribution in [3.8, 4) is 0 Å². The molecule has 2 saturated heterocycles. The third-order valence-electron chi connectivity index (χ3n) is 2.93. The molecule has 2 fully saturated rings. The largest absolute Gasteiger partial charge is 0.362 e. The van der Waals surface area contributed by atoms with Crippen LogP contribution in [0.2, 0.25) is 0 Å². The van der Waals surface area contributed by atoms with Crippen LogP contribution in [0.3, 0.4) is 0 Å². The van der Waals surface area contributed by atoms with Crippen LogP contribution in [0.5, 0.6) is 0 Å². The van der Waals surface area contributed by atoms with Crippen LogP contribution in [0.4, 0.5) is 0 Å². The Hall–Kier alpha value is 0.160. The maximum Gasteiger partial charge on any atom is 0.157 e. The summed E-state index contributed by atoms with van der Waals surface area (Å²) in [5.74, 6) is 0.333. The molecule has 0 bridgehead atoms. The van der Waals surface area contributed by atoms with Gasteiger partial charge >= 0.3 is 0 Å². The molecule has 0 saturated carbocycles. The average Bonchev–Trinajstić information content (AvgIpc) is 2.18. The molecule has 0 aliphatic carbocycles. The fraction of sp³-hybridized carbons (Fsp3) is 1.00. The summed E-state index contributed by atoms with van der Waals surface area (Å²) in [6.07, 6.45) is 3.29. The van der Waals surface area contributed by atoms with E-state index in [-0.39, 0.29) is 23.9 Å². The third-order valence-corrected chi connectivity index (χ3v) is 5.19. The molecule has 4 nitrogen and oxygen atoms in total. The second-order valence-electron chi connectivity index (χ2n) is 4.00. The number of ether oxygens (including phenoxy) is 1. The van der Waals surface area contributed by atoms with Crippen molar-refractivity contribution in [2.75, 3.05) is 18.9 Å². The third kappa shape index (κ3) is 3.06. The van der Waals surface area contributed by atoms with Crippen molar-refractivity contribution in [1.82, 2.24) is 5.32 Å². The fourth-order valence-electron chi connectivity index (χ4n) is 2.14.